The summed E-state index contributed by atoms with van der Waals surface area (Å²) in [5, 5.41) is 9.09. The van der Waals surface area contributed by atoms with Crippen molar-refractivity contribution < 1.29 is 24.2 Å². The first-order valence-corrected chi connectivity index (χ1v) is 8.54. The molecule has 0 radical (unpaired) electrons. The number of carbonyl (C=O) groups is 2. The Hall–Kier alpha value is -2.08. The number of carboxylic acid groups (broad SMARTS) is 1. The van der Waals surface area contributed by atoms with E-state index in [1.54, 1.807) is 12.1 Å². The lowest BCUT2D eigenvalue weighted by Gasteiger charge is -2.31. The Balaban J connectivity index is 1.73. The van der Waals surface area contributed by atoms with Crippen LogP contribution in [0.3, 0.4) is 0 Å². The van der Waals surface area contributed by atoms with Crippen molar-refractivity contribution in [3.63, 3.8) is 0 Å². The quantitative estimate of drug-likeness (QED) is 0.915. The van der Waals surface area contributed by atoms with E-state index in [9.17, 15) is 9.59 Å². The number of hydrogen-bond acceptors (Lipinski definition) is 4. The van der Waals surface area contributed by atoms with Gasteiger partial charge in [0, 0.05) is 6.54 Å². The Kier molecular flexibility index (Phi) is 5.35. The van der Waals surface area contributed by atoms with Gasteiger partial charge in [-0.3, -0.25) is 4.79 Å². The molecule has 1 unspecified atom stereocenters. The zero-order valence-electron chi connectivity index (χ0n) is 13.6. The van der Waals surface area contributed by atoms with E-state index in [-0.39, 0.29) is 25.2 Å². The number of amides is 1. The smallest absolute Gasteiger partial charge is 0.334 e. The highest BCUT2D eigenvalue weighted by Crippen LogP contribution is 2.27. The standard InChI is InChI=1S/C18H23NO5/c20-17(19-10-11-23-16(12-19)18(21)22)14-8-4-5-9-15(14)24-13-6-2-1-3-7-13/h4-5,8-9,13,16H,1-3,6-7,10-12H2,(H,21,22). The van der Waals surface area contributed by atoms with Gasteiger partial charge in [0.25, 0.3) is 5.91 Å². The third-order valence-corrected chi connectivity index (χ3v) is 4.59. The number of carbonyl (C=O) groups excluding carboxylic acids is 1. The van der Waals surface area contributed by atoms with Crippen LogP contribution in [0.25, 0.3) is 0 Å². The zero-order valence-corrected chi connectivity index (χ0v) is 13.6. The van der Waals surface area contributed by atoms with Crippen LogP contribution < -0.4 is 4.74 Å². The van der Waals surface area contributed by atoms with E-state index in [4.69, 9.17) is 14.6 Å². The summed E-state index contributed by atoms with van der Waals surface area (Å²) in [6.07, 6.45) is 4.78. The number of ether oxygens (including phenoxy) is 2. The van der Waals surface area contributed by atoms with Crippen LogP contribution in [0, 0.1) is 0 Å². The minimum atomic E-state index is -1.04. The van der Waals surface area contributed by atoms with E-state index in [0.717, 1.165) is 25.7 Å². The summed E-state index contributed by atoms with van der Waals surface area (Å²) in [4.78, 5) is 25.5. The van der Waals surface area contributed by atoms with Crippen LogP contribution in [-0.4, -0.2) is 53.8 Å². The van der Waals surface area contributed by atoms with Crippen LogP contribution in [0.4, 0.5) is 0 Å². The minimum absolute atomic E-state index is 0.0614. The van der Waals surface area contributed by atoms with E-state index in [1.165, 1.54) is 11.3 Å². The second-order valence-electron chi connectivity index (χ2n) is 6.32. The molecule has 1 aliphatic heterocycles. The number of benzene rings is 1. The van der Waals surface area contributed by atoms with Crippen molar-refractivity contribution in [2.75, 3.05) is 19.7 Å². The molecule has 2 fully saturated rings. The second-order valence-corrected chi connectivity index (χ2v) is 6.32. The van der Waals surface area contributed by atoms with Crippen LogP contribution in [-0.2, 0) is 9.53 Å². The Morgan fingerprint density at radius 2 is 1.92 bits per heavy atom. The predicted molar refractivity (Wildman–Crippen MR) is 87.2 cm³/mol. The minimum Gasteiger partial charge on any atom is -0.490 e. The molecule has 24 heavy (non-hydrogen) atoms. The fourth-order valence-electron chi connectivity index (χ4n) is 3.26. The lowest BCUT2D eigenvalue weighted by molar-refractivity contribution is -0.154. The molecule has 1 saturated heterocycles. The van der Waals surface area contributed by atoms with Gasteiger partial charge in [0.1, 0.15) is 5.75 Å². The maximum absolute atomic E-state index is 12.8. The van der Waals surface area contributed by atoms with Gasteiger partial charge in [-0.2, -0.15) is 0 Å². The van der Waals surface area contributed by atoms with Gasteiger partial charge in [-0.05, 0) is 37.8 Å². The van der Waals surface area contributed by atoms with E-state index in [0.29, 0.717) is 17.9 Å². The van der Waals surface area contributed by atoms with Crippen molar-refractivity contribution >= 4 is 11.9 Å². The third-order valence-electron chi connectivity index (χ3n) is 4.59. The first-order chi connectivity index (χ1) is 11.6. The van der Waals surface area contributed by atoms with E-state index >= 15 is 0 Å². The van der Waals surface area contributed by atoms with Crippen molar-refractivity contribution in [1.29, 1.82) is 0 Å². The van der Waals surface area contributed by atoms with E-state index in [1.807, 2.05) is 12.1 Å². The highest BCUT2D eigenvalue weighted by atomic mass is 16.5. The van der Waals surface area contributed by atoms with Crippen LogP contribution in [0.1, 0.15) is 42.5 Å². The van der Waals surface area contributed by atoms with Gasteiger partial charge < -0.3 is 19.5 Å². The molecule has 0 aromatic heterocycles. The summed E-state index contributed by atoms with van der Waals surface area (Å²) in [6.45, 7) is 0.681. The SMILES string of the molecule is O=C(O)C1CN(C(=O)c2ccccc2OC2CCCCC2)CCO1. The fraction of sp³-hybridized carbons (Fsp3) is 0.556. The lowest BCUT2D eigenvalue weighted by Crippen LogP contribution is -2.48. The molecule has 3 rings (SSSR count). The molecule has 1 atom stereocenters. The lowest BCUT2D eigenvalue weighted by atomic mass is 9.97. The van der Waals surface area contributed by atoms with Gasteiger partial charge in [-0.25, -0.2) is 4.79 Å². The molecule has 1 aromatic rings. The Morgan fingerprint density at radius 1 is 1.17 bits per heavy atom. The highest BCUT2D eigenvalue weighted by molar-refractivity contribution is 5.97. The van der Waals surface area contributed by atoms with E-state index < -0.39 is 12.1 Å². The molecule has 130 valence electrons. The van der Waals surface area contributed by atoms with Crippen molar-refractivity contribution in [2.24, 2.45) is 0 Å². The molecule has 2 aliphatic rings. The molecule has 0 spiro atoms. The van der Waals surface area contributed by atoms with Gasteiger partial charge in [0.05, 0.1) is 24.8 Å². The Labute approximate surface area is 141 Å². The number of para-hydroxylation sites is 1. The molecule has 1 N–H and O–H groups in total. The zero-order chi connectivity index (χ0) is 16.9. The number of rotatable bonds is 4. The summed E-state index contributed by atoms with van der Waals surface area (Å²) < 4.78 is 11.3. The molecule has 1 saturated carbocycles. The van der Waals surface area contributed by atoms with Crippen LogP contribution in [0.2, 0.25) is 0 Å². The van der Waals surface area contributed by atoms with Crippen LogP contribution >= 0.6 is 0 Å². The average molecular weight is 333 g/mol. The van der Waals surface area contributed by atoms with Gasteiger partial charge >= 0.3 is 5.97 Å². The van der Waals surface area contributed by atoms with Crippen molar-refractivity contribution in [3.8, 4) is 5.75 Å². The number of carboxylic acids is 1. The van der Waals surface area contributed by atoms with Crippen LogP contribution in [0.15, 0.2) is 24.3 Å². The summed E-state index contributed by atoms with van der Waals surface area (Å²) >= 11 is 0. The second kappa shape index (κ2) is 7.66. The predicted octanol–water partition coefficient (Wildman–Crippen LogP) is 2.32. The molecule has 1 heterocycles. The van der Waals surface area contributed by atoms with Crippen LogP contribution in [0.5, 0.6) is 5.75 Å². The molecule has 6 nitrogen and oxygen atoms in total. The Bertz CT molecular complexity index is 597. The Morgan fingerprint density at radius 3 is 2.67 bits per heavy atom. The van der Waals surface area contributed by atoms with E-state index in [2.05, 4.69) is 0 Å². The molecule has 1 amide bonds. The summed E-state index contributed by atoms with van der Waals surface area (Å²) in [6, 6.07) is 7.22. The first kappa shape index (κ1) is 16.8. The number of aliphatic carboxylic acids is 1. The molecular formula is C18H23NO5. The number of nitrogens with zero attached hydrogens (tertiary/aromatic N) is 1. The van der Waals surface area contributed by atoms with Gasteiger partial charge in [-0.1, -0.05) is 18.6 Å². The van der Waals surface area contributed by atoms with Gasteiger partial charge in [0.15, 0.2) is 6.10 Å². The topological polar surface area (TPSA) is 76.1 Å². The number of hydrogen-bond donors (Lipinski definition) is 1. The van der Waals surface area contributed by atoms with Crippen molar-refractivity contribution in [1.82, 2.24) is 4.90 Å². The van der Waals surface area contributed by atoms with Gasteiger partial charge in [-0.15, -0.1) is 0 Å². The number of morpholine rings is 1. The third kappa shape index (κ3) is 3.87. The maximum atomic E-state index is 12.8. The summed E-state index contributed by atoms with van der Waals surface area (Å²) in [7, 11) is 0. The molecular weight excluding hydrogens is 310 g/mol. The van der Waals surface area contributed by atoms with Crippen molar-refractivity contribution in [3.05, 3.63) is 29.8 Å². The molecule has 1 aliphatic carbocycles. The summed E-state index contributed by atoms with van der Waals surface area (Å²) in [5.74, 6) is -0.650. The monoisotopic (exact) mass is 333 g/mol. The fourth-order valence-corrected chi connectivity index (χ4v) is 3.26. The maximum Gasteiger partial charge on any atom is 0.334 e. The van der Waals surface area contributed by atoms with Crippen molar-refractivity contribution in [2.45, 2.75) is 44.3 Å². The average Bonchev–Trinajstić information content (AvgIpc) is 2.62. The first-order valence-electron chi connectivity index (χ1n) is 8.54. The molecule has 6 heteroatoms. The van der Waals surface area contributed by atoms with Gasteiger partial charge in [0.2, 0.25) is 0 Å². The molecule has 0 bridgehead atoms. The normalized spacial score (nSPS) is 22.2. The molecule has 1 aromatic carbocycles. The summed E-state index contributed by atoms with van der Waals surface area (Å²) in [5.41, 5.74) is 0.495. The largest absolute Gasteiger partial charge is 0.490 e. The highest BCUT2D eigenvalue weighted by Gasteiger charge is 2.30.